The quantitative estimate of drug-likeness (QED) is 0.238. The summed E-state index contributed by atoms with van der Waals surface area (Å²) in [4.78, 5) is 28.2. The molecular weight excluding hydrogens is 488 g/mol. The number of aliphatic carboxylic acids is 1. The second-order valence-electron chi connectivity index (χ2n) is 10.2. The van der Waals surface area contributed by atoms with Crippen LogP contribution in [0.25, 0.3) is 44.8 Å². The highest BCUT2D eigenvalue weighted by Gasteiger charge is 2.24. The predicted molar refractivity (Wildman–Crippen MR) is 151 cm³/mol. The zero-order valence-corrected chi connectivity index (χ0v) is 21.8. The molecule has 5 aromatic rings. The first-order valence-corrected chi connectivity index (χ1v) is 13.3. The van der Waals surface area contributed by atoms with E-state index < -0.39 is 5.97 Å². The van der Waals surface area contributed by atoms with Crippen LogP contribution in [0.2, 0.25) is 0 Å². The maximum atomic E-state index is 11.0. The van der Waals surface area contributed by atoms with Gasteiger partial charge in [0.05, 0.1) is 23.8 Å². The van der Waals surface area contributed by atoms with E-state index in [1.807, 2.05) is 42.6 Å². The molecule has 7 nitrogen and oxygen atoms in total. The Labute approximate surface area is 227 Å². The van der Waals surface area contributed by atoms with Crippen LogP contribution in [0.1, 0.15) is 43.6 Å². The van der Waals surface area contributed by atoms with Crippen LogP contribution in [0, 0.1) is 5.92 Å². The van der Waals surface area contributed by atoms with Crippen molar-refractivity contribution in [3.63, 3.8) is 0 Å². The minimum Gasteiger partial charge on any atom is -0.481 e. The van der Waals surface area contributed by atoms with E-state index in [9.17, 15) is 4.79 Å². The molecule has 1 saturated carbocycles. The molecule has 0 aliphatic heterocycles. The number of nitrogens with zero attached hydrogens (tertiary/aromatic N) is 3. The number of pyridine rings is 2. The predicted octanol–water partition coefficient (Wildman–Crippen LogP) is 7.11. The molecule has 39 heavy (non-hydrogen) atoms. The standard InChI is InChI=1S/C32H30N4O3/c1-39-32-26(3-2-16-33-32)24-12-15-28-29(18-24)36-31(35-28)25-13-14-27(34-19-25)23-10-8-22(9-11-23)21-6-4-20(5-7-21)17-30(37)38/h2-3,8-16,18-21H,4-7,17H2,1H3,(H,35,36)(H,37,38). The van der Waals surface area contributed by atoms with Crippen molar-refractivity contribution in [2.75, 3.05) is 7.11 Å². The number of benzene rings is 2. The number of hydrogen-bond donors (Lipinski definition) is 2. The molecule has 1 aliphatic rings. The van der Waals surface area contributed by atoms with Crippen molar-refractivity contribution in [2.24, 2.45) is 5.92 Å². The first kappa shape index (κ1) is 24.8. The fraction of sp³-hybridized carbons (Fsp3) is 0.250. The van der Waals surface area contributed by atoms with Crippen molar-refractivity contribution in [1.82, 2.24) is 19.9 Å². The smallest absolute Gasteiger partial charge is 0.303 e. The van der Waals surface area contributed by atoms with Crippen LogP contribution in [0.3, 0.4) is 0 Å². The van der Waals surface area contributed by atoms with E-state index in [-0.39, 0.29) is 0 Å². The second kappa shape index (κ2) is 10.7. The van der Waals surface area contributed by atoms with Crippen LogP contribution in [0.15, 0.2) is 79.1 Å². The normalized spacial score (nSPS) is 17.3. The Kier molecular flexibility index (Phi) is 6.80. The third kappa shape index (κ3) is 5.25. The molecule has 3 heterocycles. The van der Waals surface area contributed by atoms with Gasteiger partial charge in [0.2, 0.25) is 5.88 Å². The van der Waals surface area contributed by atoms with E-state index in [2.05, 4.69) is 40.3 Å². The summed E-state index contributed by atoms with van der Waals surface area (Å²) < 4.78 is 5.42. The molecule has 6 rings (SSSR count). The van der Waals surface area contributed by atoms with Gasteiger partial charge in [-0.05, 0) is 85.0 Å². The number of carbonyl (C=O) groups is 1. The molecule has 3 aromatic heterocycles. The highest BCUT2D eigenvalue weighted by atomic mass is 16.5. The lowest BCUT2D eigenvalue weighted by atomic mass is 9.77. The molecule has 1 fully saturated rings. The van der Waals surface area contributed by atoms with Gasteiger partial charge in [0.1, 0.15) is 5.82 Å². The summed E-state index contributed by atoms with van der Waals surface area (Å²) in [6, 6.07) is 22.7. The SMILES string of the molecule is COc1ncccc1-c1ccc2nc(-c3ccc(-c4ccc(C5CCC(CC(=O)O)CC5)cc4)nc3)[nH]c2c1. The Morgan fingerprint density at radius 2 is 1.72 bits per heavy atom. The van der Waals surface area contributed by atoms with Crippen LogP contribution < -0.4 is 4.74 Å². The second-order valence-corrected chi connectivity index (χ2v) is 10.2. The Hall–Kier alpha value is -4.52. The van der Waals surface area contributed by atoms with E-state index in [0.29, 0.717) is 24.1 Å². The molecule has 7 heteroatoms. The number of hydrogen-bond acceptors (Lipinski definition) is 5. The Balaban J connectivity index is 1.16. The minimum absolute atomic E-state index is 0.295. The summed E-state index contributed by atoms with van der Waals surface area (Å²) in [7, 11) is 1.63. The van der Waals surface area contributed by atoms with Gasteiger partial charge in [-0.2, -0.15) is 0 Å². The summed E-state index contributed by atoms with van der Waals surface area (Å²) in [5.74, 6) is 1.50. The molecular formula is C32H30N4O3. The summed E-state index contributed by atoms with van der Waals surface area (Å²) in [6.45, 7) is 0. The van der Waals surface area contributed by atoms with Crippen LogP contribution in [0.5, 0.6) is 5.88 Å². The molecule has 2 N–H and O–H groups in total. The molecule has 0 spiro atoms. The summed E-state index contributed by atoms with van der Waals surface area (Å²) in [6.07, 6.45) is 7.96. The Morgan fingerprint density at radius 3 is 2.44 bits per heavy atom. The number of H-pyrrole nitrogens is 1. The lowest BCUT2D eigenvalue weighted by molar-refractivity contribution is -0.138. The molecule has 0 radical (unpaired) electrons. The molecule has 0 unspecified atom stereocenters. The van der Waals surface area contributed by atoms with E-state index in [0.717, 1.165) is 70.5 Å². The van der Waals surface area contributed by atoms with Gasteiger partial charge in [0.25, 0.3) is 0 Å². The zero-order chi connectivity index (χ0) is 26.8. The van der Waals surface area contributed by atoms with E-state index in [1.54, 1.807) is 13.3 Å². The topological polar surface area (TPSA) is 101 Å². The summed E-state index contributed by atoms with van der Waals surface area (Å²) in [5, 5.41) is 9.05. The van der Waals surface area contributed by atoms with Crippen LogP contribution in [-0.2, 0) is 4.79 Å². The number of aromatic nitrogens is 4. The maximum absolute atomic E-state index is 11.0. The fourth-order valence-electron chi connectivity index (χ4n) is 5.66. The van der Waals surface area contributed by atoms with E-state index in [4.69, 9.17) is 19.8 Å². The van der Waals surface area contributed by atoms with Crippen LogP contribution >= 0.6 is 0 Å². The Bertz CT molecular complexity index is 1600. The average Bonchev–Trinajstić information content (AvgIpc) is 3.41. The average molecular weight is 519 g/mol. The number of rotatable bonds is 7. The molecule has 0 bridgehead atoms. The zero-order valence-electron chi connectivity index (χ0n) is 21.8. The Morgan fingerprint density at radius 1 is 0.949 bits per heavy atom. The van der Waals surface area contributed by atoms with Crippen molar-refractivity contribution >= 4 is 17.0 Å². The van der Waals surface area contributed by atoms with Crippen molar-refractivity contribution < 1.29 is 14.6 Å². The van der Waals surface area contributed by atoms with Gasteiger partial charge in [-0.3, -0.25) is 9.78 Å². The largest absolute Gasteiger partial charge is 0.481 e. The van der Waals surface area contributed by atoms with Crippen molar-refractivity contribution in [3.05, 3.63) is 84.7 Å². The maximum Gasteiger partial charge on any atom is 0.303 e. The summed E-state index contributed by atoms with van der Waals surface area (Å²) >= 11 is 0. The fourth-order valence-corrected chi connectivity index (χ4v) is 5.66. The number of aromatic amines is 1. The lowest BCUT2D eigenvalue weighted by Gasteiger charge is -2.28. The third-order valence-electron chi connectivity index (χ3n) is 7.78. The molecule has 196 valence electrons. The molecule has 2 aromatic carbocycles. The van der Waals surface area contributed by atoms with Gasteiger partial charge in [0.15, 0.2) is 0 Å². The number of nitrogens with one attached hydrogen (secondary N) is 1. The highest BCUT2D eigenvalue weighted by Crippen LogP contribution is 2.37. The number of fused-ring (bicyclic) bond motifs is 1. The summed E-state index contributed by atoms with van der Waals surface area (Å²) in [5.41, 5.74) is 7.99. The number of imidazole rings is 1. The molecule has 1 aliphatic carbocycles. The monoisotopic (exact) mass is 518 g/mol. The van der Waals surface area contributed by atoms with E-state index >= 15 is 0 Å². The van der Waals surface area contributed by atoms with Crippen LogP contribution in [-0.4, -0.2) is 38.1 Å². The minimum atomic E-state index is -0.683. The van der Waals surface area contributed by atoms with Gasteiger partial charge in [0, 0.05) is 35.5 Å². The van der Waals surface area contributed by atoms with Gasteiger partial charge in [-0.1, -0.05) is 30.3 Å². The van der Waals surface area contributed by atoms with Crippen LogP contribution in [0.4, 0.5) is 0 Å². The molecule has 0 atom stereocenters. The third-order valence-corrected chi connectivity index (χ3v) is 7.78. The van der Waals surface area contributed by atoms with Gasteiger partial charge < -0.3 is 14.8 Å². The first-order chi connectivity index (χ1) is 19.1. The van der Waals surface area contributed by atoms with Crippen molar-refractivity contribution in [1.29, 1.82) is 0 Å². The van der Waals surface area contributed by atoms with Crippen molar-refractivity contribution in [3.8, 4) is 39.7 Å². The van der Waals surface area contributed by atoms with E-state index in [1.165, 1.54) is 5.56 Å². The number of carboxylic acid groups (broad SMARTS) is 1. The van der Waals surface area contributed by atoms with Crippen molar-refractivity contribution in [2.45, 2.75) is 38.0 Å². The van der Waals surface area contributed by atoms with Gasteiger partial charge >= 0.3 is 5.97 Å². The lowest BCUT2D eigenvalue weighted by Crippen LogP contribution is -2.16. The molecule has 0 saturated heterocycles. The number of carboxylic acids is 1. The highest BCUT2D eigenvalue weighted by molar-refractivity contribution is 5.85. The first-order valence-electron chi connectivity index (χ1n) is 13.3. The number of methoxy groups -OCH3 is 1. The van der Waals surface area contributed by atoms with Gasteiger partial charge in [-0.25, -0.2) is 9.97 Å². The number of ether oxygens (including phenoxy) is 1. The van der Waals surface area contributed by atoms with Gasteiger partial charge in [-0.15, -0.1) is 0 Å². The molecule has 0 amide bonds.